The predicted molar refractivity (Wildman–Crippen MR) is 69.8 cm³/mol. The summed E-state index contributed by atoms with van der Waals surface area (Å²) >= 11 is 0. The Labute approximate surface area is 115 Å². The summed E-state index contributed by atoms with van der Waals surface area (Å²) in [5.74, 6) is -1.75. The Hall–Kier alpha value is -2.11. The third kappa shape index (κ3) is 2.11. The average Bonchev–Trinajstić information content (AvgIpc) is 2.96. The maximum Gasteiger partial charge on any atom is 0.322 e. The minimum Gasteiger partial charge on any atom is -0.481 e. The fourth-order valence-corrected chi connectivity index (χ4v) is 3.32. The molecule has 3 unspecified atom stereocenters. The number of benzene rings is 1. The normalized spacial score (nSPS) is 27.6. The van der Waals surface area contributed by atoms with E-state index in [1.165, 1.54) is 18.2 Å². The summed E-state index contributed by atoms with van der Waals surface area (Å²) < 4.78 is 13.1. The Morgan fingerprint density at radius 3 is 2.80 bits per heavy atom. The summed E-state index contributed by atoms with van der Waals surface area (Å²) in [6.45, 7) is 0. The van der Waals surface area contributed by atoms with Gasteiger partial charge in [-0.2, -0.15) is 0 Å². The Balaban J connectivity index is 1.74. The first kappa shape index (κ1) is 12.9. The second-order valence-corrected chi connectivity index (χ2v) is 5.33. The second-order valence-electron chi connectivity index (χ2n) is 5.33. The van der Waals surface area contributed by atoms with Gasteiger partial charge < -0.3 is 15.3 Å². The molecule has 5 nitrogen and oxygen atoms in total. The molecule has 2 bridgehead atoms. The molecule has 2 saturated heterocycles. The summed E-state index contributed by atoms with van der Waals surface area (Å²) in [7, 11) is 0. The first-order valence-electron chi connectivity index (χ1n) is 6.64. The van der Waals surface area contributed by atoms with E-state index in [2.05, 4.69) is 5.32 Å². The maximum absolute atomic E-state index is 13.1. The van der Waals surface area contributed by atoms with Gasteiger partial charge in [0, 0.05) is 17.8 Å². The van der Waals surface area contributed by atoms with Gasteiger partial charge in [-0.1, -0.05) is 6.07 Å². The molecule has 20 heavy (non-hydrogen) atoms. The molecule has 2 aliphatic rings. The van der Waals surface area contributed by atoms with Gasteiger partial charge in [-0.3, -0.25) is 4.79 Å². The molecule has 3 rings (SSSR count). The number of nitrogens with zero attached hydrogens (tertiary/aromatic N) is 1. The fraction of sp³-hybridized carbons (Fsp3) is 0.429. The van der Waals surface area contributed by atoms with Crippen LogP contribution in [0.3, 0.4) is 0 Å². The van der Waals surface area contributed by atoms with Crippen molar-refractivity contribution in [3.05, 3.63) is 30.1 Å². The number of amides is 2. The van der Waals surface area contributed by atoms with Gasteiger partial charge in [0.2, 0.25) is 0 Å². The molecule has 0 aliphatic carbocycles. The molecule has 3 atom stereocenters. The van der Waals surface area contributed by atoms with Crippen molar-refractivity contribution in [1.29, 1.82) is 0 Å². The lowest BCUT2D eigenvalue weighted by molar-refractivity contribution is -0.142. The van der Waals surface area contributed by atoms with Crippen LogP contribution in [0.4, 0.5) is 14.9 Å². The molecular weight excluding hydrogens is 263 g/mol. The van der Waals surface area contributed by atoms with Crippen LogP contribution in [0.1, 0.15) is 19.3 Å². The second kappa shape index (κ2) is 4.77. The number of fused-ring (bicyclic) bond motifs is 2. The van der Waals surface area contributed by atoms with Crippen LogP contribution in [-0.4, -0.2) is 34.1 Å². The van der Waals surface area contributed by atoms with E-state index in [1.54, 1.807) is 11.0 Å². The standard InChI is InChI=1S/C14H15FN2O3/c15-8-2-1-3-9(6-8)16-14(20)17-10-4-5-12(17)11(7-10)13(18)19/h1-3,6,10-12H,4-5,7H2,(H,16,20)(H,18,19). The summed E-state index contributed by atoms with van der Waals surface area (Å²) in [6.07, 6.45) is 2.07. The summed E-state index contributed by atoms with van der Waals surface area (Å²) in [4.78, 5) is 25.0. The van der Waals surface area contributed by atoms with Crippen molar-refractivity contribution in [2.24, 2.45) is 5.92 Å². The van der Waals surface area contributed by atoms with Gasteiger partial charge in [0.25, 0.3) is 0 Å². The van der Waals surface area contributed by atoms with Gasteiger partial charge >= 0.3 is 12.0 Å². The number of carbonyl (C=O) groups is 2. The zero-order valence-electron chi connectivity index (χ0n) is 10.8. The third-order valence-electron chi connectivity index (χ3n) is 4.16. The van der Waals surface area contributed by atoms with E-state index in [-0.39, 0.29) is 18.1 Å². The number of urea groups is 1. The van der Waals surface area contributed by atoms with Crippen LogP contribution in [0.5, 0.6) is 0 Å². The van der Waals surface area contributed by atoms with Crippen LogP contribution in [0, 0.1) is 11.7 Å². The van der Waals surface area contributed by atoms with E-state index in [9.17, 15) is 14.0 Å². The molecule has 0 radical (unpaired) electrons. The van der Waals surface area contributed by atoms with Crippen molar-refractivity contribution >= 4 is 17.7 Å². The molecule has 2 amide bonds. The van der Waals surface area contributed by atoms with Gasteiger partial charge in [-0.15, -0.1) is 0 Å². The van der Waals surface area contributed by atoms with Crippen molar-refractivity contribution in [2.45, 2.75) is 31.3 Å². The van der Waals surface area contributed by atoms with E-state index in [1.807, 2.05) is 0 Å². The van der Waals surface area contributed by atoms with Crippen molar-refractivity contribution in [1.82, 2.24) is 4.90 Å². The first-order valence-corrected chi connectivity index (χ1v) is 6.64. The lowest BCUT2D eigenvalue weighted by Crippen LogP contribution is -2.40. The molecular formula is C14H15FN2O3. The number of carboxylic acids is 1. The van der Waals surface area contributed by atoms with Gasteiger partial charge in [0.1, 0.15) is 5.82 Å². The van der Waals surface area contributed by atoms with E-state index >= 15 is 0 Å². The van der Waals surface area contributed by atoms with Crippen LogP contribution < -0.4 is 5.32 Å². The first-order chi connectivity index (χ1) is 9.56. The van der Waals surface area contributed by atoms with Crippen molar-refractivity contribution in [3.63, 3.8) is 0 Å². The number of carbonyl (C=O) groups excluding carboxylic acids is 1. The molecule has 0 saturated carbocycles. The number of carboxylic acid groups (broad SMARTS) is 1. The number of hydrogen-bond acceptors (Lipinski definition) is 2. The quantitative estimate of drug-likeness (QED) is 0.872. The fourth-order valence-electron chi connectivity index (χ4n) is 3.32. The molecule has 2 N–H and O–H groups in total. The molecule has 2 aliphatic heterocycles. The topological polar surface area (TPSA) is 69.6 Å². The SMILES string of the molecule is O=C(O)C1CC2CCC1N2C(=O)Nc1cccc(F)c1. The van der Waals surface area contributed by atoms with E-state index in [0.717, 1.165) is 12.8 Å². The number of aliphatic carboxylic acids is 1. The number of hydrogen-bond donors (Lipinski definition) is 2. The molecule has 0 aromatic heterocycles. The van der Waals surface area contributed by atoms with Crippen LogP contribution >= 0.6 is 0 Å². The lowest BCUT2D eigenvalue weighted by Gasteiger charge is -2.23. The van der Waals surface area contributed by atoms with Gasteiger partial charge in [-0.05, 0) is 37.5 Å². The summed E-state index contributed by atoms with van der Waals surface area (Å²) in [5.41, 5.74) is 0.383. The van der Waals surface area contributed by atoms with E-state index < -0.39 is 17.7 Å². The summed E-state index contributed by atoms with van der Waals surface area (Å²) in [6, 6.07) is 5.06. The Kier molecular flexibility index (Phi) is 3.08. The average molecular weight is 278 g/mol. The lowest BCUT2D eigenvalue weighted by atomic mass is 9.89. The van der Waals surface area contributed by atoms with Crippen LogP contribution in [-0.2, 0) is 4.79 Å². The van der Waals surface area contributed by atoms with Gasteiger partial charge in [-0.25, -0.2) is 9.18 Å². The molecule has 106 valence electrons. The van der Waals surface area contributed by atoms with Crippen LogP contribution in [0.15, 0.2) is 24.3 Å². The predicted octanol–water partition coefficient (Wildman–Crippen LogP) is 2.30. The highest BCUT2D eigenvalue weighted by molar-refractivity contribution is 5.91. The van der Waals surface area contributed by atoms with Gasteiger partial charge in [0.15, 0.2) is 0 Å². The van der Waals surface area contributed by atoms with Crippen LogP contribution in [0.25, 0.3) is 0 Å². The van der Waals surface area contributed by atoms with Gasteiger partial charge in [0.05, 0.1) is 5.92 Å². The third-order valence-corrected chi connectivity index (χ3v) is 4.16. The maximum atomic E-state index is 13.1. The zero-order chi connectivity index (χ0) is 14.3. The Morgan fingerprint density at radius 1 is 1.35 bits per heavy atom. The molecule has 2 fully saturated rings. The number of nitrogens with one attached hydrogen (secondary N) is 1. The Morgan fingerprint density at radius 2 is 2.15 bits per heavy atom. The highest BCUT2D eigenvalue weighted by Gasteiger charge is 2.51. The van der Waals surface area contributed by atoms with Crippen molar-refractivity contribution < 1.29 is 19.1 Å². The largest absolute Gasteiger partial charge is 0.481 e. The molecule has 6 heteroatoms. The number of rotatable bonds is 2. The monoisotopic (exact) mass is 278 g/mol. The van der Waals surface area contributed by atoms with E-state index in [4.69, 9.17) is 5.11 Å². The van der Waals surface area contributed by atoms with Crippen molar-refractivity contribution in [2.75, 3.05) is 5.32 Å². The molecule has 2 heterocycles. The molecule has 1 aromatic carbocycles. The minimum atomic E-state index is -0.847. The highest BCUT2D eigenvalue weighted by atomic mass is 19.1. The van der Waals surface area contributed by atoms with E-state index in [0.29, 0.717) is 12.1 Å². The minimum absolute atomic E-state index is 0.0188. The molecule has 1 aromatic rings. The number of anilines is 1. The van der Waals surface area contributed by atoms with Crippen LogP contribution in [0.2, 0.25) is 0 Å². The number of halogens is 1. The zero-order valence-corrected chi connectivity index (χ0v) is 10.8. The molecule has 0 spiro atoms. The Bertz CT molecular complexity index is 563. The van der Waals surface area contributed by atoms with Crippen molar-refractivity contribution in [3.8, 4) is 0 Å². The highest BCUT2D eigenvalue weighted by Crippen LogP contribution is 2.42. The smallest absolute Gasteiger partial charge is 0.322 e. The summed E-state index contributed by atoms with van der Waals surface area (Å²) in [5, 5.41) is 11.8.